The Morgan fingerprint density at radius 2 is 2.30 bits per heavy atom. The minimum atomic E-state index is 0.306. The summed E-state index contributed by atoms with van der Waals surface area (Å²) in [6.45, 7) is 6.33. The van der Waals surface area contributed by atoms with Crippen LogP contribution in [0.25, 0.3) is 11.2 Å². The molecule has 2 aromatic heterocycles. The molecular weight excluding hydrogens is 320 g/mol. The van der Waals surface area contributed by atoms with Gasteiger partial charge in [-0.2, -0.15) is 0 Å². The van der Waals surface area contributed by atoms with Gasteiger partial charge in [0.05, 0.1) is 5.52 Å². The number of rotatable bonds is 4. The van der Waals surface area contributed by atoms with Crippen molar-refractivity contribution in [1.29, 1.82) is 0 Å². The van der Waals surface area contributed by atoms with E-state index in [2.05, 4.69) is 41.4 Å². The number of hydrogen-bond acceptors (Lipinski definition) is 4. The standard InChI is InChI=1S/C14H19BrN4O/c1-10-17-14-13(6-12(15)7-16-14)19(10)5-4-18-3-2-11(8-18)9-20/h6-7,11,20H,2-5,8-9H2,1H3/t11-/m0/s1. The Balaban J connectivity index is 1.74. The summed E-state index contributed by atoms with van der Waals surface area (Å²) in [6, 6.07) is 2.07. The molecule has 0 radical (unpaired) electrons. The normalized spacial score (nSPS) is 20.1. The van der Waals surface area contributed by atoms with Crippen molar-refractivity contribution in [3.63, 3.8) is 0 Å². The maximum atomic E-state index is 9.20. The van der Waals surface area contributed by atoms with E-state index in [0.29, 0.717) is 12.5 Å². The number of aromatic nitrogens is 3. The molecule has 0 aliphatic carbocycles. The molecular formula is C14H19BrN4O. The van der Waals surface area contributed by atoms with Crippen molar-refractivity contribution in [2.45, 2.75) is 19.9 Å². The van der Waals surface area contributed by atoms with Gasteiger partial charge in [0.25, 0.3) is 0 Å². The third kappa shape index (κ3) is 2.73. The van der Waals surface area contributed by atoms with Gasteiger partial charge >= 0.3 is 0 Å². The molecule has 5 nitrogen and oxygen atoms in total. The lowest BCUT2D eigenvalue weighted by molar-refractivity contribution is 0.220. The largest absolute Gasteiger partial charge is 0.396 e. The maximum Gasteiger partial charge on any atom is 0.177 e. The van der Waals surface area contributed by atoms with Crippen LogP contribution in [0.15, 0.2) is 16.7 Å². The van der Waals surface area contributed by atoms with Gasteiger partial charge in [-0.15, -0.1) is 0 Å². The zero-order chi connectivity index (χ0) is 14.1. The number of nitrogens with zero attached hydrogens (tertiary/aromatic N) is 4. The Morgan fingerprint density at radius 1 is 1.45 bits per heavy atom. The lowest BCUT2D eigenvalue weighted by Gasteiger charge is -2.16. The molecule has 0 spiro atoms. The summed E-state index contributed by atoms with van der Waals surface area (Å²) in [7, 11) is 0. The van der Waals surface area contributed by atoms with Gasteiger partial charge in [0.1, 0.15) is 5.82 Å². The van der Waals surface area contributed by atoms with Crippen molar-refractivity contribution in [2.75, 3.05) is 26.2 Å². The van der Waals surface area contributed by atoms with Gasteiger partial charge < -0.3 is 14.6 Å². The third-order valence-corrected chi connectivity index (χ3v) is 4.46. The van der Waals surface area contributed by atoms with Crippen molar-refractivity contribution in [2.24, 2.45) is 5.92 Å². The number of fused-ring (bicyclic) bond motifs is 1. The quantitative estimate of drug-likeness (QED) is 0.923. The molecule has 0 amide bonds. The highest BCUT2D eigenvalue weighted by molar-refractivity contribution is 9.10. The van der Waals surface area contributed by atoms with E-state index in [1.165, 1.54) is 0 Å². The molecule has 2 aromatic rings. The summed E-state index contributed by atoms with van der Waals surface area (Å²) < 4.78 is 3.20. The van der Waals surface area contributed by atoms with Gasteiger partial charge in [-0.05, 0) is 47.8 Å². The van der Waals surface area contributed by atoms with Crippen LogP contribution in [0.5, 0.6) is 0 Å². The minimum absolute atomic E-state index is 0.306. The van der Waals surface area contributed by atoms with Gasteiger partial charge in [-0.1, -0.05) is 0 Å². The van der Waals surface area contributed by atoms with Crippen LogP contribution >= 0.6 is 15.9 Å². The van der Waals surface area contributed by atoms with Crippen LogP contribution in [0.3, 0.4) is 0 Å². The van der Waals surface area contributed by atoms with E-state index in [4.69, 9.17) is 0 Å². The van der Waals surface area contributed by atoms with Gasteiger partial charge in [0.2, 0.25) is 0 Å². The SMILES string of the molecule is Cc1nc2ncc(Br)cc2n1CCN1CC[C@H](CO)C1. The van der Waals surface area contributed by atoms with Gasteiger partial charge in [-0.3, -0.25) is 0 Å². The Morgan fingerprint density at radius 3 is 3.05 bits per heavy atom. The highest BCUT2D eigenvalue weighted by Crippen LogP contribution is 2.20. The summed E-state index contributed by atoms with van der Waals surface area (Å²) in [4.78, 5) is 11.3. The van der Waals surface area contributed by atoms with E-state index in [0.717, 1.165) is 54.1 Å². The molecule has 6 heteroatoms. The zero-order valence-corrected chi connectivity index (χ0v) is 13.2. The highest BCUT2D eigenvalue weighted by atomic mass is 79.9. The molecule has 1 atom stereocenters. The van der Waals surface area contributed by atoms with Gasteiger partial charge in [0, 0.05) is 36.9 Å². The van der Waals surface area contributed by atoms with Crippen LogP contribution in [0.4, 0.5) is 0 Å². The van der Waals surface area contributed by atoms with Crippen LogP contribution in [0.1, 0.15) is 12.2 Å². The number of aryl methyl sites for hydroxylation is 1. The minimum Gasteiger partial charge on any atom is -0.396 e. The number of halogens is 1. The van der Waals surface area contributed by atoms with E-state index >= 15 is 0 Å². The molecule has 0 saturated carbocycles. The number of imidazole rings is 1. The smallest absolute Gasteiger partial charge is 0.177 e. The molecule has 1 saturated heterocycles. The molecule has 1 N–H and O–H groups in total. The summed E-state index contributed by atoms with van der Waals surface area (Å²) in [5.41, 5.74) is 1.88. The van der Waals surface area contributed by atoms with Crippen molar-refractivity contribution >= 4 is 27.1 Å². The number of aliphatic hydroxyl groups excluding tert-OH is 1. The predicted octanol–water partition coefficient (Wildman–Crippen LogP) is 1.82. The zero-order valence-electron chi connectivity index (χ0n) is 11.6. The lowest BCUT2D eigenvalue weighted by Crippen LogP contribution is -2.26. The second-order valence-electron chi connectivity index (χ2n) is 5.44. The van der Waals surface area contributed by atoms with Crippen molar-refractivity contribution in [3.05, 3.63) is 22.6 Å². The second-order valence-corrected chi connectivity index (χ2v) is 6.36. The fourth-order valence-electron chi connectivity index (χ4n) is 2.88. The number of pyridine rings is 1. The molecule has 0 aromatic carbocycles. The lowest BCUT2D eigenvalue weighted by atomic mass is 10.1. The summed E-state index contributed by atoms with van der Waals surface area (Å²) >= 11 is 3.47. The first-order chi connectivity index (χ1) is 9.67. The van der Waals surface area contributed by atoms with Crippen molar-refractivity contribution in [1.82, 2.24) is 19.4 Å². The number of hydrogen-bond donors (Lipinski definition) is 1. The van der Waals surface area contributed by atoms with Gasteiger partial charge in [-0.25, -0.2) is 9.97 Å². The van der Waals surface area contributed by atoms with Crippen LogP contribution in [-0.4, -0.2) is 50.8 Å². The molecule has 0 bridgehead atoms. The average molecular weight is 339 g/mol. The summed E-state index contributed by atoms with van der Waals surface area (Å²) in [5.74, 6) is 1.45. The topological polar surface area (TPSA) is 54.2 Å². The van der Waals surface area contributed by atoms with E-state index in [-0.39, 0.29) is 0 Å². The molecule has 3 heterocycles. The first-order valence-electron chi connectivity index (χ1n) is 6.99. The Bertz CT molecular complexity index is 612. The highest BCUT2D eigenvalue weighted by Gasteiger charge is 2.21. The van der Waals surface area contributed by atoms with E-state index in [1.54, 1.807) is 6.20 Å². The summed E-state index contributed by atoms with van der Waals surface area (Å²) in [6.07, 6.45) is 2.89. The molecule has 3 rings (SSSR count). The third-order valence-electron chi connectivity index (χ3n) is 4.03. The predicted molar refractivity (Wildman–Crippen MR) is 81.6 cm³/mol. The van der Waals surface area contributed by atoms with Crippen LogP contribution in [-0.2, 0) is 6.54 Å². The average Bonchev–Trinajstić information content (AvgIpc) is 3.00. The molecule has 1 aliphatic heterocycles. The first-order valence-corrected chi connectivity index (χ1v) is 7.78. The Labute approximate surface area is 126 Å². The van der Waals surface area contributed by atoms with E-state index < -0.39 is 0 Å². The van der Waals surface area contributed by atoms with E-state index in [1.807, 2.05) is 6.92 Å². The maximum absolute atomic E-state index is 9.20. The first kappa shape index (κ1) is 14.0. The number of likely N-dealkylation sites (tertiary alicyclic amines) is 1. The molecule has 20 heavy (non-hydrogen) atoms. The van der Waals surface area contributed by atoms with Crippen LogP contribution < -0.4 is 0 Å². The fraction of sp³-hybridized carbons (Fsp3) is 0.571. The second kappa shape index (κ2) is 5.79. The van der Waals surface area contributed by atoms with E-state index in [9.17, 15) is 5.11 Å². The fourth-order valence-corrected chi connectivity index (χ4v) is 3.20. The van der Waals surface area contributed by atoms with Crippen LogP contribution in [0.2, 0.25) is 0 Å². The van der Waals surface area contributed by atoms with Crippen molar-refractivity contribution < 1.29 is 5.11 Å². The molecule has 108 valence electrons. The monoisotopic (exact) mass is 338 g/mol. The Hall–Kier alpha value is -0.980. The van der Waals surface area contributed by atoms with Gasteiger partial charge in [0.15, 0.2) is 5.65 Å². The van der Waals surface area contributed by atoms with Crippen LogP contribution in [0, 0.1) is 12.8 Å². The summed E-state index contributed by atoms with van der Waals surface area (Å²) in [5, 5.41) is 9.20. The van der Waals surface area contributed by atoms with Crippen molar-refractivity contribution in [3.8, 4) is 0 Å². The Kier molecular flexibility index (Phi) is 4.05. The molecule has 1 fully saturated rings. The molecule has 0 unspecified atom stereocenters. The molecule has 1 aliphatic rings. The number of aliphatic hydroxyl groups is 1.